The number of carbonyl (C=O) groups excluding carboxylic acids is 1. The van der Waals surface area contributed by atoms with Gasteiger partial charge in [-0.1, -0.05) is 48.5 Å². The summed E-state index contributed by atoms with van der Waals surface area (Å²) in [5, 5.41) is 28.8. The molecule has 23 heavy (non-hydrogen) atoms. The van der Waals surface area contributed by atoms with E-state index >= 15 is 0 Å². The maximum atomic E-state index is 11.5. The molecular weight excluding hydrogens is 358 g/mol. The van der Waals surface area contributed by atoms with E-state index in [9.17, 15) is 9.90 Å². The summed E-state index contributed by atoms with van der Waals surface area (Å²) < 4.78 is 0.820. The summed E-state index contributed by atoms with van der Waals surface area (Å²) in [4.78, 5) is 11.5. The standard InChI is InChI=1S/C13H14ClN5O2S2/c1-3-10(20)15-9-6-7(5-8(14)11(9)21)16-17-12-18-19-13(23-12)22-4-2/h5-6,21H,3-4H2,1-2H3,(H,15,20). The van der Waals surface area contributed by atoms with Crippen molar-refractivity contribution in [2.75, 3.05) is 11.1 Å². The molecule has 0 aliphatic heterocycles. The predicted molar refractivity (Wildman–Crippen MR) is 92.5 cm³/mol. The number of amides is 1. The molecule has 0 aliphatic rings. The molecule has 0 saturated heterocycles. The molecule has 7 nitrogen and oxygen atoms in total. The van der Waals surface area contributed by atoms with Crippen LogP contribution >= 0.6 is 34.7 Å². The summed E-state index contributed by atoms with van der Waals surface area (Å²) in [6, 6.07) is 2.94. The van der Waals surface area contributed by atoms with E-state index < -0.39 is 0 Å². The van der Waals surface area contributed by atoms with Crippen LogP contribution in [0.1, 0.15) is 20.3 Å². The number of phenolic OH excluding ortho intramolecular Hbond substituents is 1. The van der Waals surface area contributed by atoms with Crippen LogP contribution in [0.15, 0.2) is 26.7 Å². The second kappa shape index (κ2) is 8.23. The number of azo groups is 1. The topological polar surface area (TPSA) is 99.8 Å². The number of phenols is 1. The molecule has 122 valence electrons. The summed E-state index contributed by atoms with van der Waals surface area (Å²) in [5.41, 5.74) is 0.580. The van der Waals surface area contributed by atoms with Gasteiger partial charge >= 0.3 is 0 Å². The SMILES string of the molecule is CCSc1nnc(N=Nc2cc(Cl)c(O)c(NC(=O)CC)c2)s1. The third-order valence-corrected chi connectivity index (χ3v) is 4.67. The Balaban J connectivity index is 2.21. The van der Waals surface area contributed by atoms with Crippen molar-refractivity contribution in [1.82, 2.24) is 10.2 Å². The smallest absolute Gasteiger partial charge is 0.252 e. The van der Waals surface area contributed by atoms with Crippen molar-refractivity contribution in [2.24, 2.45) is 10.2 Å². The molecule has 2 rings (SSSR count). The molecule has 0 fully saturated rings. The predicted octanol–water partition coefficient (Wildman–Crippen LogP) is 4.77. The third-order valence-electron chi connectivity index (χ3n) is 2.56. The van der Waals surface area contributed by atoms with Crippen molar-refractivity contribution < 1.29 is 9.90 Å². The van der Waals surface area contributed by atoms with E-state index in [0.29, 0.717) is 10.8 Å². The summed E-state index contributed by atoms with van der Waals surface area (Å²) in [7, 11) is 0. The molecule has 0 saturated carbocycles. The fourth-order valence-electron chi connectivity index (χ4n) is 1.50. The summed E-state index contributed by atoms with van der Waals surface area (Å²) in [6.07, 6.45) is 0.283. The highest BCUT2D eigenvalue weighted by molar-refractivity contribution is 8.01. The fraction of sp³-hybridized carbons (Fsp3) is 0.308. The Morgan fingerprint density at radius 3 is 2.87 bits per heavy atom. The Morgan fingerprint density at radius 2 is 2.17 bits per heavy atom. The highest BCUT2D eigenvalue weighted by atomic mass is 35.5. The number of carbonyl (C=O) groups is 1. The van der Waals surface area contributed by atoms with Gasteiger partial charge in [0.05, 0.1) is 16.4 Å². The minimum atomic E-state index is -0.240. The molecule has 1 aromatic heterocycles. The minimum Gasteiger partial charge on any atom is -0.504 e. The van der Waals surface area contributed by atoms with Crippen molar-refractivity contribution in [2.45, 2.75) is 24.6 Å². The van der Waals surface area contributed by atoms with Gasteiger partial charge in [-0.2, -0.15) is 0 Å². The van der Waals surface area contributed by atoms with Gasteiger partial charge in [-0.05, 0) is 17.9 Å². The normalized spacial score (nSPS) is 11.1. The molecule has 1 amide bonds. The van der Waals surface area contributed by atoms with E-state index in [1.807, 2.05) is 6.92 Å². The molecule has 0 bridgehead atoms. The van der Waals surface area contributed by atoms with E-state index in [4.69, 9.17) is 11.6 Å². The number of aromatic nitrogens is 2. The van der Waals surface area contributed by atoms with Crippen LogP contribution in [-0.4, -0.2) is 27.0 Å². The first kappa shape index (κ1) is 17.6. The van der Waals surface area contributed by atoms with Gasteiger partial charge in [-0.25, -0.2) is 0 Å². The Hall–Kier alpha value is -1.71. The number of nitrogens with one attached hydrogen (secondary N) is 1. The Kier molecular flexibility index (Phi) is 6.31. The van der Waals surface area contributed by atoms with Gasteiger partial charge in [0, 0.05) is 6.42 Å². The first-order chi connectivity index (χ1) is 11.0. The first-order valence-electron chi connectivity index (χ1n) is 6.73. The van der Waals surface area contributed by atoms with E-state index in [-0.39, 0.29) is 28.8 Å². The van der Waals surface area contributed by atoms with Crippen LogP contribution in [0.2, 0.25) is 5.02 Å². The van der Waals surface area contributed by atoms with Crippen LogP contribution in [-0.2, 0) is 4.79 Å². The van der Waals surface area contributed by atoms with Crippen molar-refractivity contribution >= 4 is 57.1 Å². The van der Waals surface area contributed by atoms with Gasteiger partial charge in [0.2, 0.25) is 5.91 Å². The van der Waals surface area contributed by atoms with Gasteiger partial charge in [-0.15, -0.1) is 20.4 Å². The lowest BCUT2D eigenvalue weighted by Gasteiger charge is -2.08. The molecule has 0 atom stereocenters. The number of halogens is 1. The van der Waals surface area contributed by atoms with E-state index in [1.54, 1.807) is 18.7 Å². The molecular formula is C13H14ClN5O2S2. The zero-order chi connectivity index (χ0) is 16.8. The van der Waals surface area contributed by atoms with E-state index in [2.05, 4.69) is 25.7 Å². The monoisotopic (exact) mass is 371 g/mol. The van der Waals surface area contributed by atoms with Gasteiger partial charge < -0.3 is 10.4 Å². The molecule has 1 heterocycles. The number of rotatable bonds is 6. The lowest BCUT2D eigenvalue weighted by molar-refractivity contribution is -0.115. The van der Waals surface area contributed by atoms with E-state index in [0.717, 1.165) is 10.1 Å². The zero-order valence-corrected chi connectivity index (χ0v) is 14.8. The number of aromatic hydroxyl groups is 1. The van der Waals surface area contributed by atoms with Crippen LogP contribution in [0.3, 0.4) is 0 Å². The molecule has 1 aromatic carbocycles. The lowest BCUT2D eigenvalue weighted by atomic mass is 10.2. The third kappa shape index (κ3) is 4.88. The van der Waals surface area contributed by atoms with Gasteiger partial charge in [0.15, 0.2) is 10.1 Å². The first-order valence-corrected chi connectivity index (χ1v) is 8.91. The van der Waals surface area contributed by atoms with Gasteiger partial charge in [-0.3, -0.25) is 4.79 Å². The molecule has 10 heteroatoms. The second-order valence-electron chi connectivity index (χ2n) is 4.21. The second-order valence-corrected chi connectivity index (χ2v) is 7.08. The summed E-state index contributed by atoms with van der Waals surface area (Å²) >= 11 is 8.85. The maximum absolute atomic E-state index is 11.5. The highest BCUT2D eigenvalue weighted by Crippen LogP contribution is 2.37. The van der Waals surface area contributed by atoms with Crippen molar-refractivity contribution in [3.8, 4) is 5.75 Å². The van der Waals surface area contributed by atoms with Crippen molar-refractivity contribution in [3.63, 3.8) is 0 Å². The number of hydrogen-bond acceptors (Lipinski definition) is 8. The average Bonchev–Trinajstić information content (AvgIpc) is 2.97. The number of nitrogens with zero attached hydrogens (tertiary/aromatic N) is 4. The Morgan fingerprint density at radius 1 is 1.39 bits per heavy atom. The van der Waals surface area contributed by atoms with Gasteiger partial charge in [0.1, 0.15) is 0 Å². The highest BCUT2D eigenvalue weighted by Gasteiger charge is 2.11. The maximum Gasteiger partial charge on any atom is 0.252 e. The molecule has 2 aromatic rings. The van der Waals surface area contributed by atoms with Crippen molar-refractivity contribution in [1.29, 1.82) is 0 Å². The average molecular weight is 372 g/mol. The Bertz CT molecular complexity index is 735. The molecule has 0 aliphatic carbocycles. The number of anilines is 1. The van der Waals surface area contributed by atoms with Crippen LogP contribution in [0.4, 0.5) is 16.5 Å². The van der Waals surface area contributed by atoms with Gasteiger partial charge in [0.25, 0.3) is 5.13 Å². The van der Waals surface area contributed by atoms with E-state index in [1.165, 1.54) is 23.5 Å². The lowest BCUT2D eigenvalue weighted by Crippen LogP contribution is -2.09. The fourth-order valence-corrected chi connectivity index (χ4v) is 3.27. The number of hydrogen-bond donors (Lipinski definition) is 2. The minimum absolute atomic E-state index is 0.0762. The molecule has 2 N–H and O–H groups in total. The Labute approximate surface area is 146 Å². The largest absolute Gasteiger partial charge is 0.504 e. The number of benzene rings is 1. The molecule has 0 radical (unpaired) electrons. The van der Waals surface area contributed by atoms with Crippen LogP contribution < -0.4 is 5.32 Å². The zero-order valence-electron chi connectivity index (χ0n) is 12.4. The van der Waals surface area contributed by atoms with Crippen LogP contribution in [0, 0.1) is 0 Å². The summed E-state index contributed by atoms with van der Waals surface area (Å²) in [5.74, 6) is 0.459. The van der Waals surface area contributed by atoms with Crippen molar-refractivity contribution in [3.05, 3.63) is 17.2 Å². The van der Waals surface area contributed by atoms with Crippen LogP contribution in [0.25, 0.3) is 0 Å². The molecule has 0 spiro atoms. The number of thioether (sulfide) groups is 1. The van der Waals surface area contributed by atoms with Crippen LogP contribution in [0.5, 0.6) is 5.75 Å². The summed E-state index contributed by atoms with van der Waals surface area (Å²) in [6.45, 7) is 3.73. The molecule has 0 unspecified atom stereocenters. The quantitative estimate of drug-likeness (QED) is 0.432.